The summed E-state index contributed by atoms with van der Waals surface area (Å²) in [6.07, 6.45) is 2.22. The van der Waals surface area contributed by atoms with Crippen molar-refractivity contribution in [2.45, 2.75) is 13.0 Å². The number of hydrogen-bond donors (Lipinski definition) is 2. The summed E-state index contributed by atoms with van der Waals surface area (Å²) in [5.41, 5.74) is 4.34. The Morgan fingerprint density at radius 3 is 2.46 bits per heavy atom. The predicted molar refractivity (Wildman–Crippen MR) is 155 cm³/mol. The third-order valence-corrected chi connectivity index (χ3v) is 6.69. The molecule has 0 saturated carbocycles. The highest BCUT2D eigenvalue weighted by Crippen LogP contribution is 2.24. The van der Waals surface area contributed by atoms with E-state index in [1.165, 1.54) is 0 Å². The van der Waals surface area contributed by atoms with Crippen molar-refractivity contribution in [1.29, 1.82) is 0 Å². The molecule has 3 aromatic carbocycles. The minimum Gasteiger partial charge on any atom is -0.487 e. The van der Waals surface area contributed by atoms with Crippen LogP contribution < -0.4 is 15.4 Å². The molecular weight excluding hydrogens is 556 g/mol. The zero-order valence-electron chi connectivity index (χ0n) is 20.9. The second-order valence-corrected chi connectivity index (χ2v) is 9.65. The number of nitrogens with zero attached hydrogens (tertiary/aromatic N) is 2. The van der Waals surface area contributed by atoms with Crippen LogP contribution in [0.15, 0.2) is 108 Å². The lowest BCUT2D eigenvalue weighted by Crippen LogP contribution is -2.25. The van der Waals surface area contributed by atoms with Gasteiger partial charge >= 0.3 is 0 Å². The van der Waals surface area contributed by atoms with Crippen molar-refractivity contribution in [3.63, 3.8) is 0 Å². The lowest BCUT2D eigenvalue weighted by Gasteiger charge is -2.10. The van der Waals surface area contributed by atoms with Crippen LogP contribution in [0.3, 0.4) is 0 Å². The van der Waals surface area contributed by atoms with Crippen molar-refractivity contribution in [3.05, 3.63) is 130 Å². The summed E-state index contributed by atoms with van der Waals surface area (Å²) in [5, 5.41) is 6.88. The molecule has 0 radical (unpaired) electrons. The minimum atomic E-state index is -0.280. The van der Waals surface area contributed by atoms with E-state index in [1.54, 1.807) is 48.7 Å². The summed E-state index contributed by atoms with van der Waals surface area (Å²) in [5.74, 6) is 0.232. The van der Waals surface area contributed by atoms with E-state index in [-0.39, 0.29) is 11.8 Å². The average molecular weight is 581 g/mol. The quantitative estimate of drug-likeness (QED) is 0.216. The van der Waals surface area contributed by atoms with Crippen LogP contribution in [0.1, 0.15) is 32.1 Å². The fourth-order valence-electron chi connectivity index (χ4n) is 3.97. The topological polar surface area (TPSA) is 93.2 Å². The summed E-state index contributed by atoms with van der Waals surface area (Å²) in [6, 6.07) is 29.8. The largest absolute Gasteiger partial charge is 0.487 e. The van der Waals surface area contributed by atoms with Gasteiger partial charge in [0.1, 0.15) is 18.1 Å². The molecule has 0 aliphatic heterocycles. The number of aromatic nitrogens is 2. The van der Waals surface area contributed by atoms with E-state index in [1.807, 2.05) is 54.6 Å². The number of benzene rings is 3. The fourth-order valence-corrected chi connectivity index (χ4v) is 4.50. The first-order valence-electron chi connectivity index (χ1n) is 12.4. The Morgan fingerprint density at radius 2 is 1.67 bits per heavy atom. The van der Waals surface area contributed by atoms with Gasteiger partial charge in [-0.2, -0.15) is 0 Å². The van der Waals surface area contributed by atoms with Crippen LogP contribution in [0.2, 0.25) is 0 Å². The van der Waals surface area contributed by atoms with Crippen molar-refractivity contribution < 1.29 is 14.3 Å². The number of amides is 2. The van der Waals surface area contributed by atoms with Gasteiger partial charge in [0.25, 0.3) is 11.8 Å². The van der Waals surface area contributed by atoms with Gasteiger partial charge in [0.05, 0.1) is 16.9 Å². The first-order valence-corrected chi connectivity index (χ1v) is 13.2. The molecule has 7 nitrogen and oxygen atoms in total. The Hall–Kier alpha value is -4.56. The molecule has 2 aromatic heterocycles. The maximum Gasteiger partial charge on any atom is 0.274 e. The Bertz CT molecular complexity index is 1610. The number of fused-ring (bicyclic) bond motifs is 1. The van der Waals surface area contributed by atoms with E-state index in [4.69, 9.17) is 4.74 Å². The van der Waals surface area contributed by atoms with Gasteiger partial charge in [0, 0.05) is 28.2 Å². The van der Waals surface area contributed by atoms with E-state index >= 15 is 0 Å². The SMILES string of the molecule is O=C(NCCc1ccc(NC(=O)c2ccccn2)c(Br)c1)c1ccc(OCc2ccc3ccccc3n2)cc1. The van der Waals surface area contributed by atoms with Gasteiger partial charge in [-0.1, -0.05) is 36.4 Å². The third kappa shape index (κ3) is 6.86. The molecule has 0 unspecified atom stereocenters. The molecule has 0 saturated heterocycles. The maximum atomic E-state index is 12.6. The Labute approximate surface area is 234 Å². The van der Waals surface area contributed by atoms with Gasteiger partial charge in [-0.3, -0.25) is 14.6 Å². The summed E-state index contributed by atoms with van der Waals surface area (Å²) < 4.78 is 6.61. The zero-order chi connectivity index (χ0) is 27.0. The molecule has 194 valence electrons. The molecule has 5 aromatic rings. The molecule has 0 aliphatic rings. The molecule has 8 heteroatoms. The molecule has 0 aliphatic carbocycles. The van der Waals surface area contributed by atoms with E-state index in [9.17, 15) is 9.59 Å². The van der Waals surface area contributed by atoms with Gasteiger partial charge in [-0.15, -0.1) is 0 Å². The molecule has 0 atom stereocenters. The van der Waals surface area contributed by atoms with Gasteiger partial charge in [0.2, 0.25) is 0 Å². The highest BCUT2D eigenvalue weighted by atomic mass is 79.9. The number of ether oxygens (including phenoxy) is 1. The molecule has 2 N–H and O–H groups in total. The van der Waals surface area contributed by atoms with E-state index in [2.05, 4.69) is 36.5 Å². The Morgan fingerprint density at radius 1 is 0.846 bits per heavy atom. The number of anilines is 1. The number of nitrogens with one attached hydrogen (secondary N) is 2. The molecule has 2 heterocycles. The molecule has 0 fully saturated rings. The Balaban J connectivity index is 1.09. The van der Waals surface area contributed by atoms with Gasteiger partial charge in [-0.25, -0.2) is 4.98 Å². The third-order valence-electron chi connectivity index (χ3n) is 6.04. The van der Waals surface area contributed by atoms with Crippen LogP contribution >= 0.6 is 15.9 Å². The number of carbonyl (C=O) groups excluding carboxylic acids is 2. The summed E-state index contributed by atoms with van der Waals surface area (Å²) >= 11 is 3.51. The van der Waals surface area contributed by atoms with Crippen molar-refractivity contribution in [1.82, 2.24) is 15.3 Å². The van der Waals surface area contributed by atoms with Crippen molar-refractivity contribution >= 4 is 44.3 Å². The van der Waals surface area contributed by atoms with Crippen LogP contribution in [-0.4, -0.2) is 28.3 Å². The van der Waals surface area contributed by atoms with Crippen molar-refractivity contribution in [2.24, 2.45) is 0 Å². The lowest BCUT2D eigenvalue weighted by molar-refractivity contribution is 0.0953. The summed E-state index contributed by atoms with van der Waals surface area (Å²) in [4.78, 5) is 33.6. The average Bonchev–Trinajstić information content (AvgIpc) is 2.98. The first kappa shape index (κ1) is 26.1. The zero-order valence-corrected chi connectivity index (χ0v) is 22.5. The van der Waals surface area contributed by atoms with Crippen LogP contribution in [0, 0.1) is 0 Å². The van der Waals surface area contributed by atoms with Crippen LogP contribution in [0.4, 0.5) is 5.69 Å². The van der Waals surface area contributed by atoms with Crippen LogP contribution in [0.5, 0.6) is 5.75 Å². The second-order valence-electron chi connectivity index (χ2n) is 8.80. The van der Waals surface area contributed by atoms with Crippen LogP contribution in [0.25, 0.3) is 10.9 Å². The number of halogens is 1. The highest BCUT2D eigenvalue weighted by molar-refractivity contribution is 9.10. The molecule has 2 amide bonds. The van der Waals surface area contributed by atoms with Gasteiger partial charge in [0.15, 0.2) is 0 Å². The summed E-state index contributed by atoms with van der Waals surface area (Å²) in [7, 11) is 0. The van der Waals surface area contributed by atoms with Gasteiger partial charge in [-0.05, 0) is 88.6 Å². The standard InChI is InChI=1S/C31H25BrN4O3/c32-26-19-21(8-15-28(26)36-31(38)29-7-3-4-17-33-29)16-18-34-30(37)23-10-13-25(14-11-23)39-20-24-12-9-22-5-1-2-6-27(22)35-24/h1-15,17,19H,16,18,20H2,(H,34,37)(H,36,38). The van der Waals surface area contributed by atoms with E-state index < -0.39 is 0 Å². The predicted octanol–water partition coefficient (Wildman–Crippen LogP) is 6.20. The van der Waals surface area contributed by atoms with Crippen LogP contribution in [-0.2, 0) is 13.0 Å². The van der Waals surface area contributed by atoms with Crippen molar-refractivity contribution in [3.8, 4) is 5.75 Å². The normalized spacial score (nSPS) is 10.7. The minimum absolute atomic E-state index is 0.156. The maximum absolute atomic E-state index is 12.6. The number of hydrogen-bond acceptors (Lipinski definition) is 5. The molecule has 39 heavy (non-hydrogen) atoms. The molecule has 0 spiro atoms. The molecule has 5 rings (SSSR count). The number of para-hydroxylation sites is 1. The lowest BCUT2D eigenvalue weighted by atomic mass is 10.1. The Kier molecular flexibility index (Phi) is 8.23. The number of carbonyl (C=O) groups is 2. The van der Waals surface area contributed by atoms with E-state index in [0.717, 1.165) is 26.6 Å². The number of pyridine rings is 2. The highest BCUT2D eigenvalue weighted by Gasteiger charge is 2.10. The van der Waals surface area contributed by atoms with E-state index in [0.29, 0.717) is 42.3 Å². The first-order chi connectivity index (χ1) is 19.0. The smallest absolute Gasteiger partial charge is 0.274 e. The monoisotopic (exact) mass is 580 g/mol. The number of rotatable bonds is 9. The molecular formula is C31H25BrN4O3. The van der Waals surface area contributed by atoms with Crippen molar-refractivity contribution in [2.75, 3.05) is 11.9 Å². The molecule has 0 bridgehead atoms. The fraction of sp³-hybridized carbons (Fsp3) is 0.0968. The second kappa shape index (κ2) is 12.3. The summed E-state index contributed by atoms with van der Waals surface area (Å²) in [6.45, 7) is 0.814. The van der Waals surface area contributed by atoms with Gasteiger partial charge < -0.3 is 15.4 Å².